The molecule has 2 aromatic rings. The fraction of sp³-hybridized carbons (Fsp3) is 0.360. The third-order valence-electron chi connectivity index (χ3n) is 5.72. The van der Waals surface area contributed by atoms with Crippen molar-refractivity contribution < 1.29 is 24.2 Å². The molecular formula is C25H27NO5. The second-order valence-corrected chi connectivity index (χ2v) is 8.02. The summed E-state index contributed by atoms with van der Waals surface area (Å²) in [5.74, 6) is 0.194. The summed E-state index contributed by atoms with van der Waals surface area (Å²) >= 11 is 0. The molecule has 0 bridgehead atoms. The largest absolute Gasteiger partial charge is 0.427 e. The summed E-state index contributed by atoms with van der Waals surface area (Å²) in [6.07, 6.45) is 7.80. The molecule has 2 unspecified atom stereocenters. The first-order valence-electron chi connectivity index (χ1n) is 10.8. The van der Waals surface area contributed by atoms with Crippen LogP contribution in [0.5, 0.6) is 5.75 Å². The molecule has 1 amide bonds. The maximum atomic E-state index is 12.2. The topological polar surface area (TPSA) is 88.2 Å². The molecule has 1 saturated heterocycles. The van der Waals surface area contributed by atoms with Gasteiger partial charge in [0.25, 0.3) is 5.91 Å². The van der Waals surface area contributed by atoms with E-state index in [1.165, 1.54) is 0 Å². The summed E-state index contributed by atoms with van der Waals surface area (Å²) in [4.78, 5) is 24.2. The molecule has 2 aliphatic rings. The molecule has 6 heteroatoms. The van der Waals surface area contributed by atoms with Crippen LogP contribution in [0.25, 0.3) is 0 Å². The Balaban J connectivity index is 1.13. The zero-order chi connectivity index (χ0) is 21.6. The normalized spacial score (nSPS) is 24.0. The van der Waals surface area contributed by atoms with Crippen LogP contribution in [0.1, 0.15) is 42.5 Å². The number of hydrogen-bond acceptors (Lipinski definition) is 5. The van der Waals surface area contributed by atoms with Gasteiger partial charge in [0.2, 0.25) is 0 Å². The Labute approximate surface area is 181 Å². The number of fused-ring (bicyclic) bond motifs is 1. The van der Waals surface area contributed by atoms with Gasteiger partial charge in [-0.15, -0.1) is 0 Å². The lowest BCUT2D eigenvalue weighted by atomic mass is 10.00. The Morgan fingerprint density at radius 2 is 1.87 bits per heavy atom. The van der Waals surface area contributed by atoms with Gasteiger partial charge in [0, 0.05) is 30.0 Å². The minimum absolute atomic E-state index is 0.190. The number of nitrogens with one attached hydrogen (secondary N) is 1. The molecule has 0 radical (unpaired) electrons. The molecule has 1 aliphatic heterocycles. The molecule has 0 aromatic heterocycles. The fourth-order valence-electron chi connectivity index (χ4n) is 3.96. The highest BCUT2D eigenvalue weighted by Crippen LogP contribution is 2.44. The fourth-order valence-corrected chi connectivity index (χ4v) is 3.96. The Hall–Kier alpha value is -2.96. The summed E-state index contributed by atoms with van der Waals surface area (Å²) in [7, 11) is 0. The molecular weight excluding hydrogens is 394 g/mol. The van der Waals surface area contributed by atoms with Gasteiger partial charge in [0.15, 0.2) is 0 Å². The Bertz CT molecular complexity index is 923. The van der Waals surface area contributed by atoms with Crippen molar-refractivity contribution in [3.05, 3.63) is 72.3 Å². The number of rotatable bonds is 9. The lowest BCUT2D eigenvalue weighted by Gasteiger charge is -2.13. The number of ether oxygens (including phenoxy) is 2. The van der Waals surface area contributed by atoms with Crippen LogP contribution < -0.4 is 10.1 Å². The van der Waals surface area contributed by atoms with Crippen molar-refractivity contribution in [3.63, 3.8) is 0 Å². The van der Waals surface area contributed by atoms with Crippen molar-refractivity contribution in [1.29, 1.82) is 0 Å². The average molecular weight is 421 g/mol. The second-order valence-electron chi connectivity index (χ2n) is 8.02. The standard InChI is InChI=1S/C25H27NO5/c27-21-16-22-24(31-22)20(21)10-6-1-2-7-11-23(28)30-19-14-12-18(13-15-19)26-25(29)17-8-4-3-5-9-17/h1,3-6,8-9,12-15,20-22,24,27H,2,7,10-11,16H2,(H,26,29)/t20?,21?,22-,24+/m0/s1. The van der Waals surface area contributed by atoms with Gasteiger partial charge in [-0.2, -0.15) is 0 Å². The van der Waals surface area contributed by atoms with Crippen molar-refractivity contribution in [2.75, 3.05) is 5.32 Å². The van der Waals surface area contributed by atoms with E-state index in [-0.39, 0.29) is 36.1 Å². The lowest BCUT2D eigenvalue weighted by Crippen LogP contribution is -2.19. The summed E-state index contributed by atoms with van der Waals surface area (Å²) in [6.45, 7) is 0. The molecule has 2 N–H and O–H groups in total. The zero-order valence-corrected chi connectivity index (χ0v) is 17.3. The molecule has 1 heterocycles. The number of amides is 1. The van der Waals surface area contributed by atoms with E-state index in [0.717, 1.165) is 19.3 Å². The van der Waals surface area contributed by atoms with Crippen molar-refractivity contribution in [2.45, 2.75) is 50.4 Å². The van der Waals surface area contributed by atoms with Crippen LogP contribution >= 0.6 is 0 Å². The summed E-state index contributed by atoms with van der Waals surface area (Å²) in [6, 6.07) is 15.7. The monoisotopic (exact) mass is 421 g/mol. The quantitative estimate of drug-likeness (QED) is 0.209. The Kier molecular flexibility index (Phi) is 6.79. The molecule has 4 atom stereocenters. The van der Waals surface area contributed by atoms with Crippen molar-refractivity contribution in [1.82, 2.24) is 0 Å². The molecule has 31 heavy (non-hydrogen) atoms. The van der Waals surface area contributed by atoms with E-state index >= 15 is 0 Å². The summed E-state index contributed by atoms with van der Waals surface area (Å²) < 4.78 is 10.8. The van der Waals surface area contributed by atoms with E-state index < -0.39 is 0 Å². The predicted molar refractivity (Wildman–Crippen MR) is 117 cm³/mol. The van der Waals surface area contributed by atoms with Crippen molar-refractivity contribution in [3.8, 4) is 5.75 Å². The predicted octanol–water partition coefficient (Wildman–Crippen LogP) is 4.11. The van der Waals surface area contributed by atoms with Gasteiger partial charge in [-0.3, -0.25) is 9.59 Å². The third kappa shape index (κ3) is 5.81. The van der Waals surface area contributed by atoms with Gasteiger partial charge < -0.3 is 19.9 Å². The highest BCUT2D eigenvalue weighted by Gasteiger charge is 2.54. The molecule has 4 rings (SSSR count). The number of epoxide rings is 1. The van der Waals surface area contributed by atoms with E-state index in [2.05, 4.69) is 17.5 Å². The highest BCUT2D eigenvalue weighted by molar-refractivity contribution is 6.04. The van der Waals surface area contributed by atoms with Crippen LogP contribution in [-0.4, -0.2) is 35.3 Å². The van der Waals surface area contributed by atoms with Crippen LogP contribution in [0.3, 0.4) is 0 Å². The number of allylic oxidation sites excluding steroid dienone is 2. The van der Waals surface area contributed by atoms with E-state index in [1.54, 1.807) is 36.4 Å². The molecule has 1 aliphatic carbocycles. The van der Waals surface area contributed by atoms with Crippen LogP contribution in [0, 0.1) is 5.92 Å². The number of benzene rings is 2. The minimum Gasteiger partial charge on any atom is -0.427 e. The average Bonchev–Trinajstić information content (AvgIpc) is 3.46. The number of aliphatic hydroxyl groups excluding tert-OH is 1. The number of hydrogen-bond donors (Lipinski definition) is 2. The Morgan fingerprint density at radius 3 is 2.58 bits per heavy atom. The van der Waals surface area contributed by atoms with Gasteiger partial charge in [0.1, 0.15) is 5.75 Å². The maximum Gasteiger partial charge on any atom is 0.311 e. The lowest BCUT2D eigenvalue weighted by molar-refractivity contribution is -0.134. The van der Waals surface area contributed by atoms with Gasteiger partial charge in [0.05, 0.1) is 18.3 Å². The Morgan fingerprint density at radius 1 is 1.10 bits per heavy atom. The third-order valence-corrected chi connectivity index (χ3v) is 5.72. The second kappa shape index (κ2) is 9.90. The van der Waals surface area contributed by atoms with E-state index in [4.69, 9.17) is 9.47 Å². The minimum atomic E-state index is -0.282. The molecule has 2 fully saturated rings. The number of aliphatic hydroxyl groups is 1. The van der Waals surface area contributed by atoms with E-state index in [1.807, 2.05) is 18.2 Å². The van der Waals surface area contributed by atoms with E-state index in [9.17, 15) is 14.7 Å². The number of unbranched alkanes of at least 4 members (excludes halogenated alkanes) is 1. The smallest absolute Gasteiger partial charge is 0.311 e. The van der Waals surface area contributed by atoms with Gasteiger partial charge >= 0.3 is 5.97 Å². The molecule has 1 saturated carbocycles. The SMILES string of the molecule is O=C(CCCC=CCC1C(O)C[C@@H]2O[C@H]12)Oc1ccc(NC(=O)c2ccccc2)cc1. The first-order chi connectivity index (χ1) is 15.1. The van der Waals surface area contributed by atoms with Crippen molar-refractivity contribution >= 4 is 17.6 Å². The molecule has 0 spiro atoms. The van der Waals surface area contributed by atoms with Gasteiger partial charge in [-0.25, -0.2) is 0 Å². The van der Waals surface area contributed by atoms with Gasteiger partial charge in [-0.05, 0) is 55.7 Å². The number of anilines is 1. The highest BCUT2D eigenvalue weighted by atomic mass is 16.6. The van der Waals surface area contributed by atoms with Gasteiger partial charge in [-0.1, -0.05) is 30.4 Å². The number of esters is 1. The van der Waals surface area contributed by atoms with Crippen LogP contribution in [0.15, 0.2) is 66.7 Å². The van der Waals surface area contributed by atoms with Crippen LogP contribution in [0.2, 0.25) is 0 Å². The molecule has 2 aromatic carbocycles. The number of carbonyl (C=O) groups is 2. The first kappa shape index (κ1) is 21.3. The van der Waals surface area contributed by atoms with Crippen molar-refractivity contribution in [2.24, 2.45) is 5.92 Å². The van der Waals surface area contributed by atoms with Crippen LogP contribution in [-0.2, 0) is 9.53 Å². The zero-order valence-electron chi connectivity index (χ0n) is 17.3. The van der Waals surface area contributed by atoms with E-state index in [0.29, 0.717) is 29.8 Å². The summed E-state index contributed by atoms with van der Waals surface area (Å²) in [5.41, 5.74) is 1.21. The molecule has 162 valence electrons. The first-order valence-corrected chi connectivity index (χ1v) is 10.8. The summed E-state index contributed by atoms with van der Waals surface area (Å²) in [5, 5.41) is 12.7. The maximum absolute atomic E-state index is 12.2. The number of carbonyl (C=O) groups excluding carboxylic acids is 2. The molecule has 6 nitrogen and oxygen atoms in total. The van der Waals surface area contributed by atoms with Crippen LogP contribution in [0.4, 0.5) is 5.69 Å².